The number of aromatic nitrogens is 2. The third kappa shape index (κ3) is 4.44. The van der Waals surface area contributed by atoms with Crippen LogP contribution in [-0.4, -0.2) is 53.8 Å². The van der Waals surface area contributed by atoms with E-state index in [1.165, 1.54) is 22.9 Å². The van der Waals surface area contributed by atoms with E-state index in [0.29, 0.717) is 18.2 Å². The van der Waals surface area contributed by atoms with E-state index in [4.69, 9.17) is 0 Å². The monoisotopic (exact) mass is 388 g/mol. The van der Waals surface area contributed by atoms with Gasteiger partial charge in [0.05, 0.1) is 23.9 Å². The predicted octanol–water partition coefficient (Wildman–Crippen LogP) is 2.60. The molecule has 2 aromatic rings. The van der Waals surface area contributed by atoms with Crippen LogP contribution < -0.4 is 5.32 Å². The first-order chi connectivity index (χ1) is 12.8. The van der Waals surface area contributed by atoms with Gasteiger partial charge < -0.3 is 10.2 Å². The maximum atomic E-state index is 12.6. The first kappa shape index (κ1) is 19.3. The number of carbonyl (C=O) groups excluding carboxylic acids is 1. The minimum absolute atomic E-state index is 0.00823. The van der Waals surface area contributed by atoms with Crippen molar-refractivity contribution in [2.75, 3.05) is 23.9 Å². The van der Waals surface area contributed by atoms with Gasteiger partial charge in [-0.25, -0.2) is 18.4 Å². The van der Waals surface area contributed by atoms with Crippen molar-refractivity contribution in [1.82, 2.24) is 14.9 Å². The molecule has 1 aliphatic heterocycles. The number of anilines is 2. The number of hydrogen-bond donors (Lipinski definition) is 1. The van der Waals surface area contributed by atoms with Crippen LogP contribution in [0.15, 0.2) is 36.7 Å². The molecule has 1 aliphatic rings. The third-order valence-corrected chi connectivity index (χ3v) is 6.54. The zero-order valence-electron chi connectivity index (χ0n) is 15.7. The zero-order valence-corrected chi connectivity index (χ0v) is 16.5. The maximum absolute atomic E-state index is 12.6. The molecule has 1 unspecified atom stereocenters. The van der Waals surface area contributed by atoms with E-state index >= 15 is 0 Å². The SMILES string of the molecule is CC(C)c1ccccc1Nc1cnc(C(=O)N(C)C2CCS(=O)(=O)C2)cn1. The molecule has 1 fully saturated rings. The highest BCUT2D eigenvalue weighted by Gasteiger charge is 2.33. The highest BCUT2D eigenvalue weighted by atomic mass is 32.2. The molecule has 1 aromatic carbocycles. The molecule has 2 heterocycles. The highest BCUT2D eigenvalue weighted by Crippen LogP contribution is 2.26. The van der Waals surface area contributed by atoms with E-state index in [-0.39, 0.29) is 29.1 Å². The second-order valence-electron chi connectivity index (χ2n) is 7.13. The van der Waals surface area contributed by atoms with Gasteiger partial charge in [-0.15, -0.1) is 0 Å². The number of nitrogens with zero attached hydrogens (tertiary/aromatic N) is 3. The van der Waals surface area contributed by atoms with Gasteiger partial charge in [-0.3, -0.25) is 4.79 Å². The second-order valence-corrected chi connectivity index (χ2v) is 9.36. The van der Waals surface area contributed by atoms with E-state index in [2.05, 4.69) is 35.2 Å². The highest BCUT2D eigenvalue weighted by molar-refractivity contribution is 7.91. The second kappa shape index (κ2) is 7.64. The van der Waals surface area contributed by atoms with Crippen molar-refractivity contribution in [3.05, 3.63) is 47.9 Å². The molecule has 0 radical (unpaired) electrons. The fraction of sp³-hybridized carbons (Fsp3) is 0.421. The van der Waals surface area contributed by atoms with Crippen molar-refractivity contribution in [2.45, 2.75) is 32.2 Å². The van der Waals surface area contributed by atoms with Gasteiger partial charge in [0.15, 0.2) is 9.84 Å². The van der Waals surface area contributed by atoms with Gasteiger partial charge in [0.1, 0.15) is 11.5 Å². The van der Waals surface area contributed by atoms with Gasteiger partial charge in [0.25, 0.3) is 5.91 Å². The molecule has 0 saturated carbocycles. The number of nitrogens with one attached hydrogen (secondary N) is 1. The largest absolute Gasteiger partial charge is 0.339 e. The molecule has 144 valence electrons. The average Bonchev–Trinajstić information content (AvgIpc) is 3.01. The molecule has 3 rings (SSSR count). The van der Waals surface area contributed by atoms with Crippen molar-refractivity contribution in [3.8, 4) is 0 Å². The fourth-order valence-electron chi connectivity index (χ4n) is 3.18. The van der Waals surface area contributed by atoms with Crippen molar-refractivity contribution in [3.63, 3.8) is 0 Å². The van der Waals surface area contributed by atoms with Crippen LogP contribution in [0.2, 0.25) is 0 Å². The first-order valence-electron chi connectivity index (χ1n) is 8.92. The van der Waals surface area contributed by atoms with Crippen molar-refractivity contribution in [2.24, 2.45) is 0 Å². The number of carbonyl (C=O) groups is 1. The molecule has 1 atom stereocenters. The Hall–Kier alpha value is -2.48. The summed E-state index contributed by atoms with van der Waals surface area (Å²) in [4.78, 5) is 22.5. The smallest absolute Gasteiger partial charge is 0.274 e. The number of amides is 1. The van der Waals surface area contributed by atoms with Gasteiger partial charge in [0.2, 0.25) is 0 Å². The lowest BCUT2D eigenvalue weighted by Gasteiger charge is -2.22. The summed E-state index contributed by atoms with van der Waals surface area (Å²) in [6.45, 7) is 4.24. The Morgan fingerprint density at radius 3 is 2.56 bits per heavy atom. The molecule has 1 saturated heterocycles. The van der Waals surface area contributed by atoms with E-state index in [9.17, 15) is 13.2 Å². The lowest BCUT2D eigenvalue weighted by Crippen LogP contribution is -2.38. The molecular formula is C19H24N4O3S. The van der Waals surface area contributed by atoms with Crippen molar-refractivity contribution < 1.29 is 13.2 Å². The quantitative estimate of drug-likeness (QED) is 0.846. The maximum Gasteiger partial charge on any atom is 0.274 e. The lowest BCUT2D eigenvalue weighted by molar-refractivity contribution is 0.0741. The molecule has 0 aliphatic carbocycles. The van der Waals surface area contributed by atoms with Crippen LogP contribution in [0.25, 0.3) is 0 Å². The van der Waals surface area contributed by atoms with Crippen LogP contribution in [0.1, 0.15) is 42.2 Å². The minimum atomic E-state index is -3.05. The lowest BCUT2D eigenvalue weighted by atomic mass is 10.0. The van der Waals surface area contributed by atoms with E-state index in [1.807, 2.05) is 18.2 Å². The predicted molar refractivity (Wildman–Crippen MR) is 105 cm³/mol. The number of sulfone groups is 1. The van der Waals surface area contributed by atoms with Gasteiger partial charge in [-0.1, -0.05) is 32.0 Å². The molecule has 1 amide bonds. The molecule has 1 aromatic heterocycles. The van der Waals surface area contributed by atoms with Gasteiger partial charge in [-0.2, -0.15) is 0 Å². The van der Waals surface area contributed by atoms with Gasteiger partial charge in [-0.05, 0) is 24.0 Å². The Balaban J connectivity index is 1.71. The molecule has 8 heteroatoms. The zero-order chi connectivity index (χ0) is 19.6. The molecule has 0 spiro atoms. The Kier molecular flexibility index (Phi) is 5.46. The summed E-state index contributed by atoms with van der Waals surface area (Å²) in [5, 5.41) is 3.24. The minimum Gasteiger partial charge on any atom is -0.339 e. The summed E-state index contributed by atoms with van der Waals surface area (Å²) in [5.41, 5.74) is 2.32. The molecule has 7 nitrogen and oxygen atoms in total. The van der Waals surface area contributed by atoms with Crippen LogP contribution in [0.3, 0.4) is 0 Å². The van der Waals surface area contributed by atoms with E-state index in [0.717, 1.165) is 5.69 Å². The van der Waals surface area contributed by atoms with Crippen LogP contribution in [-0.2, 0) is 9.84 Å². The third-order valence-electron chi connectivity index (χ3n) is 4.79. The average molecular weight is 388 g/mol. The van der Waals surface area contributed by atoms with Crippen molar-refractivity contribution >= 4 is 27.2 Å². The number of para-hydroxylation sites is 1. The summed E-state index contributed by atoms with van der Waals surface area (Å²) in [6.07, 6.45) is 3.40. The van der Waals surface area contributed by atoms with E-state index in [1.54, 1.807) is 7.05 Å². The van der Waals surface area contributed by atoms with Crippen molar-refractivity contribution in [1.29, 1.82) is 0 Å². The van der Waals surface area contributed by atoms with Crippen LogP contribution in [0.4, 0.5) is 11.5 Å². The van der Waals surface area contributed by atoms with Gasteiger partial charge in [0, 0.05) is 18.8 Å². The summed E-state index contributed by atoms with van der Waals surface area (Å²) in [6, 6.07) is 7.67. The molecule has 27 heavy (non-hydrogen) atoms. The Labute approximate surface area is 159 Å². The normalized spacial score (nSPS) is 18.4. The van der Waals surface area contributed by atoms with Crippen LogP contribution in [0, 0.1) is 0 Å². The molecular weight excluding hydrogens is 364 g/mol. The summed E-state index contributed by atoms with van der Waals surface area (Å²) in [5.74, 6) is 0.719. The van der Waals surface area contributed by atoms with Crippen LogP contribution in [0.5, 0.6) is 0 Å². The topological polar surface area (TPSA) is 92.3 Å². The Bertz CT molecular complexity index is 926. The Morgan fingerprint density at radius 2 is 1.96 bits per heavy atom. The number of benzene rings is 1. The van der Waals surface area contributed by atoms with E-state index < -0.39 is 9.84 Å². The van der Waals surface area contributed by atoms with Crippen LogP contribution >= 0.6 is 0 Å². The van der Waals surface area contributed by atoms with Gasteiger partial charge >= 0.3 is 0 Å². The summed E-state index contributed by atoms with van der Waals surface area (Å²) < 4.78 is 23.2. The number of hydrogen-bond acceptors (Lipinski definition) is 6. The Morgan fingerprint density at radius 1 is 1.22 bits per heavy atom. The summed E-state index contributed by atoms with van der Waals surface area (Å²) in [7, 11) is -1.44. The fourth-order valence-corrected chi connectivity index (χ4v) is 4.96. The molecule has 0 bridgehead atoms. The standard InChI is InChI=1S/C19H24N4O3S/c1-13(2)15-6-4-5-7-16(15)22-18-11-20-17(10-21-18)19(24)23(3)14-8-9-27(25,26)12-14/h4-7,10-11,13-14H,8-9,12H2,1-3H3,(H,21,22). The first-order valence-corrected chi connectivity index (χ1v) is 10.7. The number of rotatable bonds is 5. The summed E-state index contributed by atoms with van der Waals surface area (Å²) >= 11 is 0. The molecule has 1 N–H and O–H groups in total.